The fraction of sp³-hybridized carbons (Fsp3) is 0.700. The predicted molar refractivity (Wildman–Crippen MR) is 55.8 cm³/mol. The highest BCUT2D eigenvalue weighted by molar-refractivity contribution is 6.08. The Hall–Kier alpha value is -1.43. The van der Waals surface area contributed by atoms with Crippen molar-refractivity contribution < 1.29 is 19.1 Å². The van der Waals surface area contributed by atoms with E-state index in [0.29, 0.717) is 6.42 Å². The normalized spacial score (nSPS) is 24.8. The summed E-state index contributed by atoms with van der Waals surface area (Å²) in [5, 5.41) is 2.57. The molecule has 1 N–H and O–H groups in total. The van der Waals surface area contributed by atoms with E-state index < -0.39 is 11.6 Å². The minimum atomic E-state index is -0.884. The molecule has 0 radical (unpaired) electrons. The third-order valence-electron chi connectivity index (χ3n) is 2.69. The highest BCUT2D eigenvalue weighted by Gasteiger charge is 2.46. The van der Waals surface area contributed by atoms with E-state index in [4.69, 9.17) is 0 Å². The summed E-state index contributed by atoms with van der Waals surface area (Å²) >= 11 is 0. The van der Waals surface area contributed by atoms with Gasteiger partial charge in [-0.05, 0) is 13.3 Å². The minimum absolute atomic E-state index is 0.0973. The highest BCUT2D eigenvalue weighted by atomic mass is 16.5. The van der Waals surface area contributed by atoms with E-state index in [-0.39, 0.29) is 24.8 Å². The van der Waals surface area contributed by atoms with E-state index >= 15 is 0 Å². The molecule has 1 atom stereocenters. The number of carbonyl (C=O) groups excluding carboxylic acids is 3. The maximum absolute atomic E-state index is 11.9. The molecule has 3 amide bonds. The van der Waals surface area contributed by atoms with Crippen molar-refractivity contribution in [3.8, 4) is 0 Å². The molecule has 0 bridgehead atoms. The molecule has 1 aliphatic heterocycles. The number of Topliss-reactive ketones (excluding diaryl/α,β-unsaturated/α-hetero) is 1. The topological polar surface area (TPSA) is 75.7 Å². The van der Waals surface area contributed by atoms with Crippen molar-refractivity contribution in [3.63, 3.8) is 0 Å². The van der Waals surface area contributed by atoms with Crippen LogP contribution in [0.2, 0.25) is 0 Å². The van der Waals surface area contributed by atoms with Gasteiger partial charge in [0, 0.05) is 7.11 Å². The number of rotatable bonds is 5. The first kappa shape index (κ1) is 12.6. The van der Waals surface area contributed by atoms with Crippen LogP contribution in [-0.2, 0) is 14.3 Å². The van der Waals surface area contributed by atoms with Crippen molar-refractivity contribution in [2.24, 2.45) is 0 Å². The fourth-order valence-corrected chi connectivity index (χ4v) is 1.51. The third kappa shape index (κ3) is 2.21. The lowest BCUT2D eigenvalue weighted by atomic mass is 9.99. The number of urea groups is 1. The zero-order valence-electron chi connectivity index (χ0n) is 9.70. The summed E-state index contributed by atoms with van der Waals surface area (Å²) in [6.45, 7) is 3.13. The monoisotopic (exact) mass is 228 g/mol. The van der Waals surface area contributed by atoms with Gasteiger partial charge in [-0.15, -0.1) is 0 Å². The molecular formula is C10H16N2O4. The molecule has 6 nitrogen and oxygen atoms in total. The number of ketones is 1. The summed E-state index contributed by atoms with van der Waals surface area (Å²) in [5.74, 6) is -0.657. The summed E-state index contributed by atoms with van der Waals surface area (Å²) < 4.78 is 4.64. The largest absolute Gasteiger partial charge is 0.377 e. The maximum atomic E-state index is 11.9. The van der Waals surface area contributed by atoms with Crippen molar-refractivity contribution in [3.05, 3.63) is 0 Å². The van der Waals surface area contributed by atoms with Crippen molar-refractivity contribution in [2.45, 2.75) is 25.8 Å². The Balaban J connectivity index is 2.72. The lowest BCUT2D eigenvalue weighted by molar-refractivity contribution is -0.135. The van der Waals surface area contributed by atoms with Crippen LogP contribution in [0.1, 0.15) is 20.3 Å². The zero-order valence-corrected chi connectivity index (χ0v) is 9.70. The lowest BCUT2D eigenvalue weighted by Crippen LogP contribution is -2.43. The average Bonchev–Trinajstić information content (AvgIpc) is 2.43. The molecular weight excluding hydrogens is 212 g/mol. The standard InChI is InChI=1S/C10H16N2O4/c1-4-10(2)8(14)12(9(15)11-10)5-7(13)6-16-3/h4-6H2,1-3H3,(H,11,15). The Labute approximate surface area is 93.9 Å². The number of nitrogens with one attached hydrogen (secondary N) is 1. The van der Waals surface area contributed by atoms with Gasteiger partial charge in [-0.2, -0.15) is 0 Å². The first-order valence-electron chi connectivity index (χ1n) is 5.09. The van der Waals surface area contributed by atoms with Gasteiger partial charge in [0.25, 0.3) is 5.91 Å². The number of amides is 3. The van der Waals surface area contributed by atoms with Gasteiger partial charge in [-0.3, -0.25) is 14.5 Å². The molecule has 0 aromatic carbocycles. The number of methoxy groups -OCH3 is 1. The molecule has 1 heterocycles. The SMILES string of the molecule is CCC1(C)NC(=O)N(CC(=O)COC)C1=O. The van der Waals surface area contributed by atoms with Crippen molar-refractivity contribution >= 4 is 17.7 Å². The number of imide groups is 1. The second-order valence-electron chi connectivity index (χ2n) is 3.98. The van der Waals surface area contributed by atoms with Crippen LogP contribution in [0.25, 0.3) is 0 Å². The number of ether oxygens (including phenoxy) is 1. The summed E-state index contributed by atoms with van der Waals surface area (Å²) in [6.07, 6.45) is 0.493. The van der Waals surface area contributed by atoms with Crippen molar-refractivity contribution in [1.82, 2.24) is 10.2 Å². The van der Waals surface area contributed by atoms with Crippen LogP contribution in [0.4, 0.5) is 4.79 Å². The summed E-state index contributed by atoms with van der Waals surface area (Å²) in [5.41, 5.74) is -0.884. The van der Waals surface area contributed by atoms with Crippen LogP contribution >= 0.6 is 0 Å². The number of carbonyl (C=O) groups is 3. The quantitative estimate of drug-likeness (QED) is 0.668. The number of nitrogens with zero attached hydrogens (tertiary/aromatic N) is 1. The average molecular weight is 228 g/mol. The van der Waals surface area contributed by atoms with E-state index in [2.05, 4.69) is 10.1 Å². The van der Waals surface area contributed by atoms with E-state index in [0.717, 1.165) is 4.90 Å². The fourth-order valence-electron chi connectivity index (χ4n) is 1.51. The maximum Gasteiger partial charge on any atom is 0.325 e. The molecule has 0 aromatic heterocycles. The summed E-state index contributed by atoms with van der Waals surface area (Å²) in [4.78, 5) is 35.6. The lowest BCUT2D eigenvalue weighted by Gasteiger charge is -2.18. The molecule has 1 aliphatic rings. The molecule has 0 saturated carbocycles. The van der Waals surface area contributed by atoms with Gasteiger partial charge < -0.3 is 10.1 Å². The highest BCUT2D eigenvalue weighted by Crippen LogP contribution is 2.20. The molecule has 0 aromatic rings. The van der Waals surface area contributed by atoms with E-state index in [1.807, 2.05) is 0 Å². The Morgan fingerprint density at radius 2 is 2.12 bits per heavy atom. The molecule has 90 valence electrons. The van der Waals surface area contributed by atoms with Crippen LogP contribution < -0.4 is 5.32 Å². The van der Waals surface area contributed by atoms with Crippen molar-refractivity contribution in [1.29, 1.82) is 0 Å². The van der Waals surface area contributed by atoms with Gasteiger partial charge in [-0.25, -0.2) is 4.79 Å². The molecule has 6 heteroatoms. The first-order chi connectivity index (χ1) is 7.44. The van der Waals surface area contributed by atoms with Crippen LogP contribution in [-0.4, -0.2) is 48.4 Å². The van der Waals surface area contributed by atoms with E-state index in [1.54, 1.807) is 13.8 Å². The van der Waals surface area contributed by atoms with E-state index in [1.165, 1.54) is 7.11 Å². The minimum Gasteiger partial charge on any atom is -0.377 e. The smallest absolute Gasteiger partial charge is 0.325 e. The third-order valence-corrected chi connectivity index (χ3v) is 2.69. The van der Waals surface area contributed by atoms with Crippen LogP contribution in [0.15, 0.2) is 0 Å². The Morgan fingerprint density at radius 3 is 2.56 bits per heavy atom. The number of hydrogen-bond donors (Lipinski definition) is 1. The van der Waals surface area contributed by atoms with Gasteiger partial charge >= 0.3 is 6.03 Å². The van der Waals surface area contributed by atoms with Gasteiger partial charge in [0.15, 0.2) is 5.78 Å². The van der Waals surface area contributed by atoms with Gasteiger partial charge in [0.05, 0.1) is 6.54 Å². The zero-order chi connectivity index (χ0) is 12.3. The predicted octanol–water partition coefficient (Wildman–Crippen LogP) is -0.0776. The summed E-state index contributed by atoms with van der Waals surface area (Å²) in [7, 11) is 1.39. The van der Waals surface area contributed by atoms with Gasteiger partial charge in [-0.1, -0.05) is 6.92 Å². The van der Waals surface area contributed by atoms with Gasteiger partial charge in [0.1, 0.15) is 12.1 Å². The molecule has 1 rings (SSSR count). The van der Waals surface area contributed by atoms with E-state index in [9.17, 15) is 14.4 Å². The second-order valence-corrected chi connectivity index (χ2v) is 3.98. The van der Waals surface area contributed by atoms with Gasteiger partial charge in [0.2, 0.25) is 0 Å². The molecule has 0 aliphatic carbocycles. The second kappa shape index (κ2) is 4.61. The molecule has 1 saturated heterocycles. The Kier molecular flexibility index (Phi) is 3.64. The first-order valence-corrected chi connectivity index (χ1v) is 5.09. The molecule has 1 fully saturated rings. The Morgan fingerprint density at radius 1 is 1.50 bits per heavy atom. The van der Waals surface area contributed by atoms with Crippen LogP contribution in [0.5, 0.6) is 0 Å². The van der Waals surface area contributed by atoms with Crippen LogP contribution in [0.3, 0.4) is 0 Å². The van der Waals surface area contributed by atoms with Crippen molar-refractivity contribution in [2.75, 3.05) is 20.3 Å². The molecule has 16 heavy (non-hydrogen) atoms. The molecule has 1 unspecified atom stereocenters. The summed E-state index contributed by atoms with van der Waals surface area (Å²) in [6, 6.07) is -0.515. The molecule has 0 spiro atoms. The van der Waals surface area contributed by atoms with Crippen LogP contribution in [0, 0.1) is 0 Å². The number of hydrogen-bond acceptors (Lipinski definition) is 4. The Bertz CT molecular complexity index is 329.